The minimum atomic E-state index is -1.17. The Labute approximate surface area is 175 Å². The molecule has 4 unspecified atom stereocenters. The molecule has 2 aliphatic heterocycles. The zero-order valence-electron chi connectivity index (χ0n) is 16.4. The van der Waals surface area contributed by atoms with Crippen molar-refractivity contribution in [2.24, 2.45) is 11.3 Å². The van der Waals surface area contributed by atoms with Crippen LogP contribution in [0.5, 0.6) is 0 Å². The number of hydrogen-bond donors (Lipinski definition) is 2. The quantitative estimate of drug-likeness (QED) is 0.677. The highest BCUT2D eigenvalue weighted by atomic mass is 19.1. The molecular weight excluding hydrogens is 404 g/mol. The van der Waals surface area contributed by atoms with Gasteiger partial charge in [0.2, 0.25) is 0 Å². The van der Waals surface area contributed by atoms with Gasteiger partial charge in [-0.3, -0.25) is 9.59 Å². The number of hydrogen-bond acceptors (Lipinski definition) is 4. The SMILES string of the molecule is CC12C3c4cc(F)cc(F)c4NC(=O)C1(NC(=O)c1cn(Cc4ccccc4)nn1)C32. The summed E-state index contributed by atoms with van der Waals surface area (Å²) in [6, 6.07) is 11.6. The van der Waals surface area contributed by atoms with E-state index in [0.717, 1.165) is 11.6 Å². The summed E-state index contributed by atoms with van der Waals surface area (Å²) in [7, 11) is 0. The van der Waals surface area contributed by atoms with Crippen molar-refractivity contribution in [1.82, 2.24) is 20.3 Å². The Hall–Kier alpha value is -3.62. The molecule has 3 heterocycles. The fourth-order valence-electron chi connectivity index (χ4n) is 5.42. The zero-order valence-corrected chi connectivity index (χ0v) is 16.4. The van der Waals surface area contributed by atoms with E-state index < -0.39 is 34.4 Å². The molecule has 1 aromatic heterocycles. The number of nitrogens with one attached hydrogen (secondary N) is 2. The van der Waals surface area contributed by atoms with E-state index >= 15 is 0 Å². The van der Waals surface area contributed by atoms with Crippen LogP contribution in [0.2, 0.25) is 0 Å². The van der Waals surface area contributed by atoms with Crippen LogP contribution >= 0.6 is 0 Å². The fraction of sp³-hybridized carbons (Fsp3) is 0.273. The molecule has 7 rings (SSSR count). The van der Waals surface area contributed by atoms with Crippen LogP contribution in [0.25, 0.3) is 0 Å². The number of anilines is 1. The maximum atomic E-state index is 14.3. The lowest BCUT2D eigenvalue weighted by molar-refractivity contribution is -0.121. The molecule has 0 spiro atoms. The molecule has 7 nitrogen and oxygen atoms in total. The molecule has 2 aliphatic carbocycles. The fourth-order valence-corrected chi connectivity index (χ4v) is 5.42. The number of aromatic nitrogens is 3. The predicted molar refractivity (Wildman–Crippen MR) is 105 cm³/mol. The second-order valence-corrected chi connectivity index (χ2v) is 8.59. The maximum absolute atomic E-state index is 14.3. The van der Waals surface area contributed by atoms with Crippen molar-refractivity contribution in [1.29, 1.82) is 0 Å². The van der Waals surface area contributed by atoms with Crippen molar-refractivity contribution in [2.75, 3.05) is 5.32 Å². The highest BCUT2D eigenvalue weighted by Crippen LogP contribution is 2.91. The molecule has 2 amide bonds. The number of nitrogens with zero attached hydrogens (tertiary/aromatic N) is 3. The first-order valence-corrected chi connectivity index (χ1v) is 9.93. The smallest absolute Gasteiger partial charge is 0.274 e. The van der Waals surface area contributed by atoms with Gasteiger partial charge in [-0.25, -0.2) is 13.5 Å². The van der Waals surface area contributed by atoms with Gasteiger partial charge in [-0.2, -0.15) is 0 Å². The van der Waals surface area contributed by atoms with E-state index in [9.17, 15) is 18.4 Å². The van der Waals surface area contributed by atoms with Crippen molar-refractivity contribution >= 4 is 17.5 Å². The monoisotopic (exact) mass is 421 g/mol. The Bertz CT molecular complexity index is 1280. The first-order chi connectivity index (χ1) is 14.9. The Morgan fingerprint density at radius 1 is 1.26 bits per heavy atom. The lowest BCUT2D eigenvalue weighted by atomic mass is 9.86. The zero-order chi connectivity index (χ0) is 21.5. The van der Waals surface area contributed by atoms with E-state index in [1.165, 1.54) is 12.3 Å². The summed E-state index contributed by atoms with van der Waals surface area (Å²) in [5.41, 5.74) is -0.226. The van der Waals surface area contributed by atoms with Crippen LogP contribution in [0.3, 0.4) is 0 Å². The predicted octanol–water partition coefficient (Wildman–Crippen LogP) is 2.46. The molecule has 4 atom stereocenters. The number of fused-ring (bicyclic) bond motifs is 1. The van der Waals surface area contributed by atoms with Crippen LogP contribution in [0.15, 0.2) is 48.7 Å². The average molecular weight is 421 g/mol. The third kappa shape index (κ3) is 2.26. The van der Waals surface area contributed by atoms with Crippen molar-refractivity contribution in [3.05, 3.63) is 77.1 Å². The van der Waals surface area contributed by atoms with Crippen LogP contribution < -0.4 is 10.6 Å². The molecule has 31 heavy (non-hydrogen) atoms. The third-order valence-electron chi connectivity index (χ3n) is 7.04. The first-order valence-electron chi connectivity index (χ1n) is 9.93. The van der Waals surface area contributed by atoms with E-state index in [2.05, 4.69) is 20.9 Å². The second-order valence-electron chi connectivity index (χ2n) is 8.59. The first kappa shape index (κ1) is 18.2. The van der Waals surface area contributed by atoms with Crippen LogP contribution in [0.4, 0.5) is 14.5 Å². The molecule has 4 aliphatic rings. The van der Waals surface area contributed by atoms with E-state index in [0.29, 0.717) is 12.1 Å². The number of carbonyl (C=O) groups is 2. The standard InChI is InChI=1S/C22H17F2N5O2/c1-21-16-13-7-12(23)8-14(24)17(13)25-20(31)22(21,18(16)21)26-19(30)15-10-29(28-27-15)9-11-5-3-2-4-6-11/h2-8,10,16,18H,9H2,1H3,(H,25,31)(H,26,30). The van der Waals surface area contributed by atoms with E-state index in [1.54, 1.807) is 4.68 Å². The van der Waals surface area contributed by atoms with Crippen molar-refractivity contribution in [2.45, 2.75) is 24.9 Å². The lowest BCUT2D eigenvalue weighted by Gasteiger charge is -2.26. The molecule has 2 saturated carbocycles. The van der Waals surface area contributed by atoms with E-state index in [-0.39, 0.29) is 23.2 Å². The topological polar surface area (TPSA) is 88.9 Å². The molecule has 2 fully saturated rings. The Morgan fingerprint density at radius 3 is 2.74 bits per heavy atom. The van der Waals surface area contributed by atoms with Crippen molar-refractivity contribution in [3.8, 4) is 0 Å². The summed E-state index contributed by atoms with van der Waals surface area (Å²) in [6.07, 6.45) is 1.52. The number of amides is 2. The largest absolute Gasteiger partial charge is 0.335 e. The van der Waals surface area contributed by atoms with Crippen LogP contribution in [-0.2, 0) is 11.3 Å². The number of halogens is 2. The van der Waals surface area contributed by atoms with Crippen LogP contribution in [-0.4, -0.2) is 32.3 Å². The van der Waals surface area contributed by atoms with Crippen molar-refractivity contribution < 1.29 is 18.4 Å². The van der Waals surface area contributed by atoms with Gasteiger partial charge in [0.25, 0.3) is 11.8 Å². The number of carbonyl (C=O) groups excluding carboxylic acids is 2. The summed E-state index contributed by atoms with van der Waals surface area (Å²) in [5.74, 6) is -2.94. The molecule has 156 valence electrons. The molecule has 3 aromatic rings. The summed E-state index contributed by atoms with van der Waals surface area (Å²) >= 11 is 0. The minimum absolute atomic E-state index is 0.00689. The highest BCUT2D eigenvalue weighted by Gasteiger charge is 2.97. The van der Waals surface area contributed by atoms with Crippen LogP contribution in [0, 0.1) is 23.0 Å². The minimum Gasteiger partial charge on any atom is -0.335 e. The van der Waals surface area contributed by atoms with Gasteiger partial charge in [-0.05, 0) is 17.2 Å². The molecule has 9 heteroatoms. The molecule has 0 saturated heterocycles. The summed E-state index contributed by atoms with van der Waals surface area (Å²) < 4.78 is 29.6. The van der Waals surface area contributed by atoms with E-state index in [4.69, 9.17) is 0 Å². The lowest BCUT2D eigenvalue weighted by Crippen LogP contribution is -2.53. The highest BCUT2D eigenvalue weighted by molar-refractivity contribution is 6.11. The summed E-state index contributed by atoms with van der Waals surface area (Å²) in [6.45, 7) is 2.31. The van der Waals surface area contributed by atoms with Gasteiger partial charge in [0, 0.05) is 23.3 Å². The number of benzene rings is 2. The number of rotatable bonds is 4. The summed E-state index contributed by atoms with van der Waals surface area (Å²) in [5, 5.41) is 13.3. The van der Waals surface area contributed by atoms with Crippen molar-refractivity contribution in [3.63, 3.8) is 0 Å². The normalized spacial score (nSPS) is 29.3. The Kier molecular flexibility index (Phi) is 3.37. The van der Waals surface area contributed by atoms with Gasteiger partial charge in [0.05, 0.1) is 18.4 Å². The molecule has 2 bridgehead atoms. The molecule has 0 radical (unpaired) electrons. The van der Waals surface area contributed by atoms with E-state index in [1.807, 2.05) is 37.3 Å². The van der Waals surface area contributed by atoms with Gasteiger partial charge in [-0.1, -0.05) is 42.5 Å². The van der Waals surface area contributed by atoms with Gasteiger partial charge in [-0.15, -0.1) is 5.10 Å². The van der Waals surface area contributed by atoms with Gasteiger partial charge >= 0.3 is 0 Å². The van der Waals surface area contributed by atoms with Crippen LogP contribution in [0.1, 0.15) is 34.5 Å². The van der Waals surface area contributed by atoms with Gasteiger partial charge in [0.1, 0.15) is 17.2 Å². The van der Waals surface area contributed by atoms with Gasteiger partial charge in [0.15, 0.2) is 5.69 Å². The molecule has 2 N–H and O–H groups in total. The maximum Gasteiger partial charge on any atom is 0.274 e. The Balaban J connectivity index is 1.25. The molecular formula is C22H17F2N5O2. The Morgan fingerprint density at radius 2 is 2.00 bits per heavy atom. The van der Waals surface area contributed by atoms with Gasteiger partial charge < -0.3 is 10.6 Å². The average Bonchev–Trinajstić information content (AvgIpc) is 3.44. The summed E-state index contributed by atoms with van der Waals surface area (Å²) in [4.78, 5) is 25.9. The third-order valence-corrected chi connectivity index (χ3v) is 7.04. The second kappa shape index (κ2) is 5.75. The molecule has 2 aromatic carbocycles.